The van der Waals surface area contributed by atoms with Crippen LogP contribution in [-0.2, 0) is 11.2 Å². The Morgan fingerprint density at radius 3 is 2.75 bits per heavy atom. The molecule has 130 valence electrons. The second-order valence-corrected chi connectivity index (χ2v) is 7.14. The fourth-order valence-corrected chi connectivity index (χ4v) is 3.87. The number of thiophene rings is 1. The molecule has 1 aromatic carbocycles. The van der Waals surface area contributed by atoms with Gasteiger partial charge in [-0.1, -0.05) is 31.2 Å². The van der Waals surface area contributed by atoms with E-state index < -0.39 is 0 Å². The maximum absolute atomic E-state index is 5.75. The maximum atomic E-state index is 5.75. The molecular weight excluding hydrogens is 336 g/mol. The quantitative estimate of drug-likeness (QED) is 0.699. The van der Waals surface area contributed by atoms with Crippen LogP contribution in [0.3, 0.4) is 0 Å². The first-order valence-corrected chi connectivity index (χ1v) is 9.55. The number of nitrogens with zero attached hydrogens (tertiary/aromatic N) is 1. The van der Waals surface area contributed by atoms with Gasteiger partial charge < -0.3 is 15.0 Å². The summed E-state index contributed by atoms with van der Waals surface area (Å²) in [6.45, 7) is 7.88. The lowest BCUT2D eigenvalue weighted by molar-refractivity contribution is 0.166. The fraction of sp³-hybridized carbons (Fsp3) is 0.421. The predicted octanol–water partition coefficient (Wildman–Crippen LogP) is 5.03. The average molecular weight is 363 g/mol. The molecule has 1 atom stereocenters. The molecule has 1 heterocycles. The summed E-state index contributed by atoms with van der Waals surface area (Å²) in [5, 5.41) is 6.34. The van der Waals surface area contributed by atoms with Crippen LogP contribution in [0.15, 0.2) is 35.7 Å². The second-order valence-electron chi connectivity index (χ2n) is 5.77. The van der Waals surface area contributed by atoms with Crippen molar-refractivity contribution in [1.82, 2.24) is 4.90 Å². The van der Waals surface area contributed by atoms with Crippen molar-refractivity contribution in [3.05, 3.63) is 51.7 Å². The van der Waals surface area contributed by atoms with Gasteiger partial charge in [0.05, 0.1) is 12.6 Å². The summed E-state index contributed by atoms with van der Waals surface area (Å²) < 4.78 is 5.28. The molecule has 2 rings (SSSR count). The van der Waals surface area contributed by atoms with Crippen LogP contribution < -0.4 is 5.32 Å². The molecular formula is C19H26N2OS2. The Kier molecular flexibility index (Phi) is 7.21. The number of hydrogen-bond donors (Lipinski definition) is 1. The van der Waals surface area contributed by atoms with E-state index >= 15 is 0 Å². The van der Waals surface area contributed by atoms with Gasteiger partial charge in [0.1, 0.15) is 0 Å². The van der Waals surface area contributed by atoms with Gasteiger partial charge in [-0.05, 0) is 55.1 Å². The smallest absolute Gasteiger partial charge is 0.174 e. The minimum atomic E-state index is 0.217. The summed E-state index contributed by atoms with van der Waals surface area (Å²) in [5.41, 5.74) is 3.63. The van der Waals surface area contributed by atoms with Crippen LogP contribution in [0.2, 0.25) is 0 Å². The van der Waals surface area contributed by atoms with Gasteiger partial charge in [0.15, 0.2) is 5.11 Å². The maximum Gasteiger partial charge on any atom is 0.174 e. The lowest BCUT2D eigenvalue weighted by atomic mass is 10.1. The van der Waals surface area contributed by atoms with Gasteiger partial charge in [-0.25, -0.2) is 0 Å². The molecule has 5 heteroatoms. The van der Waals surface area contributed by atoms with Gasteiger partial charge in [-0.3, -0.25) is 0 Å². The Bertz CT molecular complexity index is 655. The molecule has 24 heavy (non-hydrogen) atoms. The number of methoxy groups -OCH3 is 1. The first kappa shape index (κ1) is 18.9. The van der Waals surface area contributed by atoms with Crippen molar-refractivity contribution < 1.29 is 4.74 Å². The molecule has 0 unspecified atom stereocenters. The molecule has 1 aromatic heterocycles. The molecule has 2 aromatic rings. The first-order valence-electron chi connectivity index (χ1n) is 8.26. The third kappa shape index (κ3) is 4.56. The van der Waals surface area contributed by atoms with Gasteiger partial charge in [0.25, 0.3) is 0 Å². The van der Waals surface area contributed by atoms with Crippen molar-refractivity contribution in [3.8, 4) is 0 Å². The van der Waals surface area contributed by atoms with Crippen LogP contribution >= 0.6 is 23.6 Å². The molecule has 0 radical (unpaired) electrons. The zero-order chi connectivity index (χ0) is 17.5. The van der Waals surface area contributed by atoms with E-state index in [0.29, 0.717) is 6.61 Å². The van der Waals surface area contributed by atoms with Crippen LogP contribution in [0.25, 0.3) is 0 Å². The van der Waals surface area contributed by atoms with E-state index in [2.05, 4.69) is 66.7 Å². The van der Waals surface area contributed by atoms with Crippen molar-refractivity contribution in [3.63, 3.8) is 0 Å². The highest BCUT2D eigenvalue weighted by molar-refractivity contribution is 7.80. The monoisotopic (exact) mass is 362 g/mol. The number of para-hydroxylation sites is 1. The van der Waals surface area contributed by atoms with Crippen molar-refractivity contribution in [2.24, 2.45) is 0 Å². The predicted molar refractivity (Wildman–Crippen MR) is 108 cm³/mol. The normalized spacial score (nSPS) is 12.0. The zero-order valence-corrected chi connectivity index (χ0v) is 16.5. The van der Waals surface area contributed by atoms with Gasteiger partial charge >= 0.3 is 0 Å². The topological polar surface area (TPSA) is 24.5 Å². The Balaban J connectivity index is 2.22. The Labute approximate surface area is 154 Å². The average Bonchev–Trinajstić information content (AvgIpc) is 3.11. The number of anilines is 1. The summed E-state index contributed by atoms with van der Waals surface area (Å²) in [5.74, 6) is 0. The molecule has 0 spiro atoms. The number of benzene rings is 1. The number of hydrogen-bond acceptors (Lipinski definition) is 3. The number of ether oxygens (including phenoxy) is 1. The van der Waals surface area contributed by atoms with Crippen LogP contribution in [0.4, 0.5) is 5.69 Å². The number of rotatable bonds is 7. The van der Waals surface area contributed by atoms with Crippen molar-refractivity contribution >= 4 is 34.4 Å². The highest BCUT2D eigenvalue weighted by atomic mass is 32.1. The summed E-state index contributed by atoms with van der Waals surface area (Å²) in [6.07, 6.45) is 0.977. The lowest BCUT2D eigenvalue weighted by Gasteiger charge is -2.32. The van der Waals surface area contributed by atoms with Crippen molar-refractivity contribution in [2.75, 3.05) is 25.6 Å². The van der Waals surface area contributed by atoms with E-state index in [0.717, 1.165) is 23.8 Å². The minimum Gasteiger partial charge on any atom is -0.383 e. The standard InChI is InChI=1S/C19H26N2OS2/c1-5-16-9-6-8-14(2)18(16)20-19(23)21(11-12-22-4)15(3)17-10-7-13-24-17/h6-10,13,15H,5,11-12H2,1-4H3,(H,20,23)/t15-/m0/s1. The molecule has 0 saturated heterocycles. The minimum absolute atomic E-state index is 0.217. The summed E-state index contributed by atoms with van der Waals surface area (Å²) in [4.78, 5) is 3.51. The Morgan fingerprint density at radius 2 is 2.12 bits per heavy atom. The van der Waals surface area contributed by atoms with E-state index in [1.54, 1.807) is 18.4 Å². The van der Waals surface area contributed by atoms with E-state index in [-0.39, 0.29) is 6.04 Å². The number of thiocarbonyl (C=S) groups is 1. The summed E-state index contributed by atoms with van der Waals surface area (Å²) in [7, 11) is 1.72. The van der Waals surface area contributed by atoms with E-state index in [9.17, 15) is 0 Å². The third-order valence-corrected chi connectivity index (χ3v) is 5.57. The van der Waals surface area contributed by atoms with E-state index in [1.165, 1.54) is 16.0 Å². The van der Waals surface area contributed by atoms with Crippen LogP contribution in [0.1, 0.15) is 35.9 Å². The Hall–Kier alpha value is -1.43. The lowest BCUT2D eigenvalue weighted by Crippen LogP contribution is -2.39. The SMILES string of the molecule is CCc1cccc(C)c1NC(=S)N(CCOC)[C@@H](C)c1cccs1. The highest BCUT2D eigenvalue weighted by Gasteiger charge is 2.20. The van der Waals surface area contributed by atoms with Crippen LogP contribution in [0.5, 0.6) is 0 Å². The molecule has 0 aliphatic carbocycles. The Morgan fingerprint density at radius 1 is 1.33 bits per heavy atom. The second kappa shape index (κ2) is 9.16. The van der Waals surface area contributed by atoms with Gasteiger partial charge in [0.2, 0.25) is 0 Å². The molecule has 0 fully saturated rings. The molecule has 0 bridgehead atoms. The number of nitrogens with one attached hydrogen (secondary N) is 1. The van der Waals surface area contributed by atoms with Gasteiger partial charge in [-0.2, -0.15) is 0 Å². The van der Waals surface area contributed by atoms with E-state index in [1.807, 2.05) is 0 Å². The van der Waals surface area contributed by atoms with Gasteiger partial charge in [-0.15, -0.1) is 11.3 Å². The largest absolute Gasteiger partial charge is 0.383 e. The fourth-order valence-electron chi connectivity index (χ4n) is 2.72. The molecule has 3 nitrogen and oxygen atoms in total. The molecule has 0 amide bonds. The van der Waals surface area contributed by atoms with E-state index in [4.69, 9.17) is 17.0 Å². The molecule has 0 aliphatic rings. The van der Waals surface area contributed by atoms with Crippen LogP contribution in [-0.4, -0.2) is 30.3 Å². The highest BCUT2D eigenvalue weighted by Crippen LogP contribution is 2.27. The summed E-state index contributed by atoms with van der Waals surface area (Å²) in [6, 6.07) is 10.8. The molecule has 1 N–H and O–H groups in total. The summed E-state index contributed by atoms with van der Waals surface area (Å²) >= 11 is 7.51. The third-order valence-electron chi connectivity index (χ3n) is 4.19. The van der Waals surface area contributed by atoms with Gasteiger partial charge in [0, 0.05) is 24.2 Å². The molecule has 0 saturated carbocycles. The number of aryl methyl sites for hydroxylation is 2. The van der Waals surface area contributed by atoms with Crippen molar-refractivity contribution in [2.45, 2.75) is 33.2 Å². The molecule has 0 aliphatic heterocycles. The zero-order valence-electron chi connectivity index (χ0n) is 14.8. The van der Waals surface area contributed by atoms with Crippen LogP contribution in [0, 0.1) is 6.92 Å². The first-order chi connectivity index (χ1) is 11.6. The van der Waals surface area contributed by atoms with Crippen molar-refractivity contribution in [1.29, 1.82) is 0 Å².